The first-order valence-corrected chi connectivity index (χ1v) is 11.3. The lowest BCUT2D eigenvalue weighted by Gasteiger charge is -2.04. The molecule has 3 aromatic rings. The van der Waals surface area contributed by atoms with Gasteiger partial charge in [0, 0.05) is 22.7 Å². The summed E-state index contributed by atoms with van der Waals surface area (Å²) in [5.41, 5.74) is 7.60. The monoisotopic (exact) mass is 477 g/mol. The largest absolute Gasteiger partial charge is 0.506 e. The summed E-state index contributed by atoms with van der Waals surface area (Å²) >= 11 is 1.17. The first-order valence-electron chi connectivity index (χ1n) is 10.5. The van der Waals surface area contributed by atoms with Gasteiger partial charge in [-0.25, -0.2) is 9.79 Å². The molecule has 8 nitrogen and oxygen atoms in total. The number of thioether (sulfide) groups is 1. The topological polar surface area (TPSA) is 116 Å². The number of methoxy groups -OCH3 is 1. The number of ether oxygens (including phenoxy) is 2. The third kappa shape index (κ3) is 4.69. The molecule has 1 aliphatic heterocycles. The van der Waals surface area contributed by atoms with E-state index in [1.54, 1.807) is 55.1 Å². The Hall–Kier alpha value is -3.98. The molecule has 2 heterocycles. The second-order valence-corrected chi connectivity index (χ2v) is 8.40. The van der Waals surface area contributed by atoms with E-state index < -0.39 is 11.9 Å². The molecule has 1 aliphatic rings. The van der Waals surface area contributed by atoms with Gasteiger partial charge in [0.15, 0.2) is 0 Å². The maximum Gasteiger partial charge on any atom is 0.344 e. The molecule has 0 unspecified atom stereocenters. The van der Waals surface area contributed by atoms with Crippen molar-refractivity contribution in [3.05, 3.63) is 76.5 Å². The summed E-state index contributed by atoms with van der Waals surface area (Å²) < 4.78 is 12.1. The number of para-hydroxylation sites is 1. The van der Waals surface area contributed by atoms with Crippen molar-refractivity contribution in [3.8, 4) is 5.75 Å². The molecule has 1 aromatic heterocycles. The van der Waals surface area contributed by atoms with E-state index in [1.807, 2.05) is 24.3 Å². The van der Waals surface area contributed by atoms with E-state index in [4.69, 9.17) is 15.2 Å². The molecular formula is C25H23N3O5S. The molecule has 0 radical (unpaired) electrons. The van der Waals surface area contributed by atoms with Gasteiger partial charge in [0.25, 0.3) is 0 Å². The number of aliphatic hydroxyl groups excluding tert-OH is 1. The summed E-state index contributed by atoms with van der Waals surface area (Å²) in [7, 11) is 1.57. The molecule has 0 fully saturated rings. The summed E-state index contributed by atoms with van der Waals surface area (Å²) in [6, 6.07) is 14.6. The first-order chi connectivity index (χ1) is 16.4. The van der Waals surface area contributed by atoms with E-state index in [0.717, 1.165) is 16.5 Å². The zero-order chi connectivity index (χ0) is 24.2. The summed E-state index contributed by atoms with van der Waals surface area (Å²) in [6.45, 7) is 1.88. The minimum absolute atomic E-state index is 0.00907. The highest BCUT2D eigenvalue weighted by Gasteiger charge is 2.33. The van der Waals surface area contributed by atoms with Crippen LogP contribution >= 0.6 is 11.8 Å². The molecule has 174 valence electrons. The molecule has 0 saturated carbocycles. The lowest BCUT2D eigenvalue weighted by Crippen LogP contribution is -2.17. The number of primary amides is 1. The van der Waals surface area contributed by atoms with Crippen LogP contribution in [0, 0.1) is 0 Å². The van der Waals surface area contributed by atoms with Gasteiger partial charge in [0.2, 0.25) is 5.91 Å². The van der Waals surface area contributed by atoms with Crippen LogP contribution in [0.25, 0.3) is 17.0 Å². The number of carbonyl (C=O) groups is 2. The Bertz CT molecular complexity index is 1350. The van der Waals surface area contributed by atoms with Gasteiger partial charge in [-0.3, -0.25) is 4.79 Å². The van der Waals surface area contributed by atoms with E-state index >= 15 is 0 Å². The van der Waals surface area contributed by atoms with Gasteiger partial charge in [0.1, 0.15) is 28.7 Å². The maximum atomic E-state index is 12.7. The Labute approximate surface area is 200 Å². The van der Waals surface area contributed by atoms with Crippen LogP contribution < -0.4 is 10.5 Å². The van der Waals surface area contributed by atoms with Crippen LogP contribution in [0.15, 0.2) is 76.0 Å². The lowest BCUT2D eigenvalue weighted by atomic mass is 10.1. The van der Waals surface area contributed by atoms with Gasteiger partial charge < -0.3 is 24.9 Å². The van der Waals surface area contributed by atoms with Crippen molar-refractivity contribution in [2.24, 2.45) is 10.7 Å². The number of carbonyl (C=O) groups excluding carboxylic acids is 2. The molecule has 0 spiro atoms. The molecular weight excluding hydrogens is 454 g/mol. The van der Waals surface area contributed by atoms with Crippen molar-refractivity contribution in [2.45, 2.75) is 13.5 Å². The minimum Gasteiger partial charge on any atom is -0.506 e. The fraction of sp³-hybridized carbons (Fsp3) is 0.160. The highest BCUT2D eigenvalue weighted by molar-refractivity contribution is 8.18. The fourth-order valence-corrected chi connectivity index (χ4v) is 4.62. The van der Waals surface area contributed by atoms with E-state index in [2.05, 4.69) is 4.99 Å². The van der Waals surface area contributed by atoms with Crippen LogP contribution in [0.5, 0.6) is 5.75 Å². The first kappa shape index (κ1) is 23.2. The van der Waals surface area contributed by atoms with E-state index in [0.29, 0.717) is 21.4 Å². The highest BCUT2D eigenvalue weighted by Crippen LogP contribution is 2.41. The average Bonchev–Trinajstić information content (AvgIpc) is 3.31. The Morgan fingerprint density at radius 1 is 1.18 bits per heavy atom. The number of aliphatic imine (C=N–C) groups is 1. The molecule has 0 aliphatic carbocycles. The molecule has 3 N–H and O–H groups in total. The number of nitrogens with two attached hydrogens (primary N) is 1. The van der Waals surface area contributed by atoms with Gasteiger partial charge in [0.05, 0.1) is 24.3 Å². The molecule has 34 heavy (non-hydrogen) atoms. The Balaban J connectivity index is 1.79. The van der Waals surface area contributed by atoms with Crippen molar-refractivity contribution < 1.29 is 24.2 Å². The highest BCUT2D eigenvalue weighted by atomic mass is 32.2. The number of fused-ring (bicyclic) bond motifs is 1. The van der Waals surface area contributed by atoms with Crippen molar-refractivity contribution in [1.29, 1.82) is 0 Å². The Morgan fingerprint density at radius 2 is 1.91 bits per heavy atom. The van der Waals surface area contributed by atoms with Crippen molar-refractivity contribution in [1.82, 2.24) is 4.57 Å². The predicted octanol–water partition coefficient (Wildman–Crippen LogP) is 4.33. The molecule has 2 aromatic carbocycles. The van der Waals surface area contributed by atoms with Gasteiger partial charge in [-0.05, 0) is 43.3 Å². The van der Waals surface area contributed by atoms with Crippen molar-refractivity contribution >= 4 is 51.3 Å². The van der Waals surface area contributed by atoms with Crippen LogP contribution in [0.2, 0.25) is 0 Å². The quantitative estimate of drug-likeness (QED) is 0.490. The predicted molar refractivity (Wildman–Crippen MR) is 133 cm³/mol. The van der Waals surface area contributed by atoms with E-state index in [-0.39, 0.29) is 24.5 Å². The molecule has 0 saturated heterocycles. The third-order valence-electron chi connectivity index (χ3n) is 5.11. The molecule has 1 amide bonds. The third-order valence-corrected chi connectivity index (χ3v) is 6.13. The zero-order valence-electron chi connectivity index (χ0n) is 18.6. The smallest absolute Gasteiger partial charge is 0.344 e. The molecule has 0 bridgehead atoms. The average molecular weight is 478 g/mol. The van der Waals surface area contributed by atoms with Crippen LogP contribution in [0.3, 0.4) is 0 Å². The number of rotatable bonds is 7. The SMILES string of the molecule is CCOC(=O)C1=C(O)C(=Cc2cn(CC(N)=O)c3ccccc23)SC1=Nc1ccc(OC)cc1. The lowest BCUT2D eigenvalue weighted by molar-refractivity contribution is -0.138. The summed E-state index contributed by atoms with van der Waals surface area (Å²) in [5, 5.41) is 12.2. The summed E-state index contributed by atoms with van der Waals surface area (Å²) in [6.07, 6.45) is 3.55. The standard InChI is InChI=1S/C25H23N3O5S/c1-3-33-25(31)22-23(30)20(34-24(22)27-16-8-10-17(32-2)11-9-16)12-15-13-28(14-21(26)29)19-7-5-4-6-18(15)19/h4-13,30H,3,14H2,1-2H3,(H2,26,29). The van der Waals surface area contributed by atoms with Crippen LogP contribution in [-0.4, -0.2) is 40.3 Å². The second-order valence-electron chi connectivity index (χ2n) is 7.37. The maximum absolute atomic E-state index is 12.7. The normalized spacial score (nSPS) is 15.9. The van der Waals surface area contributed by atoms with Gasteiger partial charge >= 0.3 is 5.97 Å². The van der Waals surface area contributed by atoms with E-state index in [1.165, 1.54) is 11.8 Å². The molecule has 4 rings (SSSR count). The van der Waals surface area contributed by atoms with Crippen molar-refractivity contribution in [3.63, 3.8) is 0 Å². The van der Waals surface area contributed by atoms with Crippen LogP contribution in [0.4, 0.5) is 5.69 Å². The summed E-state index contributed by atoms with van der Waals surface area (Å²) in [5.74, 6) is -0.641. The van der Waals surface area contributed by atoms with Crippen LogP contribution in [-0.2, 0) is 20.9 Å². The van der Waals surface area contributed by atoms with Gasteiger partial charge in [-0.2, -0.15) is 0 Å². The minimum atomic E-state index is -0.653. The number of aromatic nitrogens is 1. The Morgan fingerprint density at radius 3 is 2.59 bits per heavy atom. The molecule has 9 heteroatoms. The number of nitrogens with zero attached hydrogens (tertiary/aromatic N) is 2. The van der Waals surface area contributed by atoms with Gasteiger partial charge in [-0.15, -0.1) is 0 Å². The fourth-order valence-electron chi connectivity index (χ4n) is 3.60. The van der Waals surface area contributed by atoms with Crippen molar-refractivity contribution in [2.75, 3.05) is 13.7 Å². The van der Waals surface area contributed by atoms with Crippen LogP contribution in [0.1, 0.15) is 12.5 Å². The number of aliphatic hydroxyl groups is 1. The number of benzene rings is 2. The zero-order valence-corrected chi connectivity index (χ0v) is 19.5. The van der Waals surface area contributed by atoms with E-state index in [9.17, 15) is 14.7 Å². The number of esters is 1. The number of hydrogen-bond acceptors (Lipinski definition) is 7. The van der Waals surface area contributed by atoms with Gasteiger partial charge in [-0.1, -0.05) is 30.0 Å². The Kier molecular flexibility index (Phi) is 6.74. The second kappa shape index (κ2) is 9.88. The number of hydrogen-bond donors (Lipinski definition) is 2. The number of amides is 1. The molecule has 0 atom stereocenters. The summed E-state index contributed by atoms with van der Waals surface area (Å²) in [4.78, 5) is 29.2.